The number of methoxy groups -OCH3 is 1. The zero-order valence-corrected chi connectivity index (χ0v) is 23.7. The van der Waals surface area contributed by atoms with Crippen LogP contribution in [0.1, 0.15) is 22.8 Å². The topological polar surface area (TPSA) is 141 Å². The van der Waals surface area contributed by atoms with Gasteiger partial charge in [-0.3, -0.25) is 9.62 Å². The minimum Gasteiger partial charge on any atom is -0.497 e. The van der Waals surface area contributed by atoms with E-state index in [9.17, 15) is 22.8 Å². The molecule has 0 spiro atoms. The lowest BCUT2D eigenvalue weighted by Gasteiger charge is -2.20. The number of rotatable bonds is 9. The van der Waals surface area contributed by atoms with Crippen LogP contribution in [-0.2, 0) is 26.1 Å². The van der Waals surface area contributed by atoms with Crippen molar-refractivity contribution in [1.29, 1.82) is 0 Å². The molecule has 0 unspecified atom stereocenters. The van der Waals surface area contributed by atoms with E-state index >= 15 is 0 Å². The fourth-order valence-corrected chi connectivity index (χ4v) is 5.26. The number of amides is 1. The van der Waals surface area contributed by atoms with Crippen molar-refractivity contribution in [3.63, 3.8) is 0 Å². The van der Waals surface area contributed by atoms with E-state index in [1.165, 1.54) is 38.4 Å². The van der Waals surface area contributed by atoms with E-state index in [1.54, 1.807) is 43.3 Å². The Morgan fingerprint density at radius 2 is 1.73 bits per heavy atom. The third-order valence-electron chi connectivity index (χ3n) is 5.96. The first-order chi connectivity index (χ1) is 19.5. The van der Waals surface area contributed by atoms with E-state index in [0.29, 0.717) is 28.1 Å². The highest BCUT2D eigenvalue weighted by Crippen LogP contribution is 2.28. The van der Waals surface area contributed by atoms with Gasteiger partial charge in [0.1, 0.15) is 17.9 Å². The monoisotopic (exact) mass is 600 g/mol. The number of carbonyl (C=O) groups excluding carboxylic acids is 2. The highest BCUT2D eigenvalue weighted by atomic mass is 35.5. The van der Waals surface area contributed by atoms with Crippen LogP contribution in [0.5, 0.6) is 5.75 Å². The lowest BCUT2D eigenvalue weighted by atomic mass is 10.1. The van der Waals surface area contributed by atoms with Gasteiger partial charge in [0.15, 0.2) is 0 Å². The highest BCUT2D eigenvalue weighted by molar-refractivity contribution is 7.92. The van der Waals surface area contributed by atoms with Crippen molar-refractivity contribution in [1.82, 2.24) is 0 Å². The third kappa shape index (κ3) is 6.61. The van der Waals surface area contributed by atoms with Gasteiger partial charge in [-0.25, -0.2) is 22.8 Å². The lowest BCUT2D eigenvalue weighted by molar-refractivity contribution is 0.0473. The number of nitrogens with zero attached hydrogens (tertiary/aromatic N) is 1. The van der Waals surface area contributed by atoms with Gasteiger partial charge >= 0.3 is 17.7 Å². The van der Waals surface area contributed by atoms with Gasteiger partial charge in [0.05, 0.1) is 34.9 Å². The Morgan fingerprint density at radius 1 is 1.00 bits per heavy atom. The highest BCUT2D eigenvalue weighted by Gasteiger charge is 2.24. The van der Waals surface area contributed by atoms with Crippen molar-refractivity contribution in [2.75, 3.05) is 30.4 Å². The molecule has 214 valence electrons. The molecular weight excluding hydrogens is 576 g/mol. The molecule has 1 amide bonds. The fraction of sp³-hybridized carbons (Fsp3) is 0.179. The average Bonchev–Trinajstić information content (AvgIpc) is 2.95. The third-order valence-corrected chi connectivity index (χ3v) is 8.07. The number of ether oxygens (including phenoxy) is 3. The summed E-state index contributed by atoms with van der Waals surface area (Å²) >= 11 is 6.22. The summed E-state index contributed by atoms with van der Waals surface area (Å²) in [6.45, 7) is 1.50. The minimum absolute atomic E-state index is 0.0202. The number of carbonyl (C=O) groups is 2. The molecule has 0 bridgehead atoms. The SMILES string of the molecule is CCOC(=O)Nc1ccc2c(COC(=O)c3cc(S(=O)(=O)N(C)c4ccc(OC)cc4)ccc3Cl)cc(=O)oc2c1. The molecule has 0 aliphatic rings. The van der Waals surface area contributed by atoms with E-state index in [4.69, 9.17) is 30.2 Å². The van der Waals surface area contributed by atoms with Crippen molar-refractivity contribution < 1.29 is 36.6 Å². The Hall–Kier alpha value is -4.55. The molecule has 4 rings (SSSR count). The number of halogens is 1. The van der Waals surface area contributed by atoms with Crippen LogP contribution in [0.25, 0.3) is 11.0 Å². The summed E-state index contributed by atoms with van der Waals surface area (Å²) < 4.78 is 48.2. The van der Waals surface area contributed by atoms with Crippen molar-refractivity contribution in [3.05, 3.63) is 93.3 Å². The summed E-state index contributed by atoms with van der Waals surface area (Å²) in [6.07, 6.45) is -0.671. The molecule has 13 heteroatoms. The van der Waals surface area contributed by atoms with Crippen molar-refractivity contribution in [2.24, 2.45) is 0 Å². The van der Waals surface area contributed by atoms with Gasteiger partial charge in [-0.1, -0.05) is 11.6 Å². The number of fused-ring (bicyclic) bond motifs is 1. The number of nitrogens with one attached hydrogen (secondary N) is 1. The Labute approximate surface area is 240 Å². The summed E-state index contributed by atoms with van der Waals surface area (Å²) in [5, 5.41) is 2.95. The van der Waals surface area contributed by atoms with Gasteiger partial charge < -0.3 is 18.6 Å². The second kappa shape index (κ2) is 12.3. The summed E-state index contributed by atoms with van der Waals surface area (Å²) in [5.41, 5.74) is 0.295. The molecule has 0 saturated heterocycles. The van der Waals surface area contributed by atoms with Gasteiger partial charge in [-0.15, -0.1) is 0 Å². The second-order valence-electron chi connectivity index (χ2n) is 8.54. The van der Waals surface area contributed by atoms with Crippen molar-refractivity contribution in [2.45, 2.75) is 18.4 Å². The molecule has 11 nitrogen and oxygen atoms in total. The van der Waals surface area contributed by atoms with E-state index in [2.05, 4.69) is 5.32 Å². The summed E-state index contributed by atoms with van der Waals surface area (Å²) in [5.74, 6) is -0.338. The molecule has 1 N–H and O–H groups in total. The number of benzene rings is 3. The van der Waals surface area contributed by atoms with Gasteiger partial charge in [-0.2, -0.15) is 0 Å². The molecule has 0 saturated carbocycles. The van der Waals surface area contributed by atoms with Gasteiger partial charge in [0.2, 0.25) is 0 Å². The molecular formula is C28H25ClN2O9S. The summed E-state index contributed by atoms with van der Waals surface area (Å²) in [7, 11) is -1.19. The predicted molar refractivity (Wildman–Crippen MR) is 152 cm³/mol. The summed E-state index contributed by atoms with van der Waals surface area (Å²) in [4.78, 5) is 36.7. The largest absolute Gasteiger partial charge is 0.497 e. The second-order valence-corrected chi connectivity index (χ2v) is 10.9. The van der Waals surface area contributed by atoms with Crippen LogP contribution in [0.2, 0.25) is 5.02 Å². The molecule has 0 aliphatic carbocycles. The number of esters is 1. The molecule has 0 fully saturated rings. The molecule has 4 aromatic rings. The Balaban J connectivity index is 1.55. The Bertz CT molecular complexity index is 1770. The maximum Gasteiger partial charge on any atom is 0.411 e. The Morgan fingerprint density at radius 3 is 2.41 bits per heavy atom. The van der Waals surface area contributed by atoms with Crippen LogP contribution in [0.3, 0.4) is 0 Å². The van der Waals surface area contributed by atoms with E-state index < -0.39 is 27.7 Å². The average molecular weight is 601 g/mol. The quantitative estimate of drug-likeness (QED) is 0.202. The van der Waals surface area contributed by atoms with E-state index in [0.717, 1.165) is 10.4 Å². The first-order valence-electron chi connectivity index (χ1n) is 12.1. The van der Waals surface area contributed by atoms with Crippen molar-refractivity contribution in [3.8, 4) is 5.75 Å². The molecule has 1 aromatic heterocycles. The zero-order valence-electron chi connectivity index (χ0n) is 22.2. The molecule has 1 heterocycles. The Kier molecular flexibility index (Phi) is 8.84. The minimum atomic E-state index is -4.07. The van der Waals surface area contributed by atoms with Crippen LogP contribution in [-0.4, -0.2) is 41.2 Å². The lowest BCUT2D eigenvalue weighted by Crippen LogP contribution is -2.26. The maximum absolute atomic E-state index is 13.3. The van der Waals surface area contributed by atoms with Gasteiger partial charge in [-0.05, 0) is 61.5 Å². The molecule has 0 aliphatic heterocycles. The molecule has 0 radical (unpaired) electrons. The van der Waals surface area contributed by atoms with Gasteiger partial charge in [0.25, 0.3) is 10.0 Å². The van der Waals surface area contributed by atoms with Crippen LogP contribution >= 0.6 is 11.6 Å². The smallest absolute Gasteiger partial charge is 0.411 e. The fourth-order valence-electron chi connectivity index (χ4n) is 3.84. The van der Waals surface area contributed by atoms with Crippen LogP contribution in [0, 0.1) is 0 Å². The maximum atomic E-state index is 13.3. The van der Waals surface area contributed by atoms with Crippen molar-refractivity contribution >= 4 is 56.0 Å². The van der Waals surface area contributed by atoms with Crippen LogP contribution in [0.15, 0.2) is 80.8 Å². The van der Waals surface area contributed by atoms with E-state index in [1.807, 2.05) is 0 Å². The normalized spacial score (nSPS) is 11.1. The number of hydrogen-bond donors (Lipinski definition) is 1. The first-order valence-corrected chi connectivity index (χ1v) is 14.0. The molecule has 41 heavy (non-hydrogen) atoms. The zero-order chi connectivity index (χ0) is 29.7. The van der Waals surface area contributed by atoms with Crippen LogP contribution in [0.4, 0.5) is 16.2 Å². The number of anilines is 2. The first kappa shape index (κ1) is 29.4. The number of hydrogen-bond acceptors (Lipinski definition) is 9. The van der Waals surface area contributed by atoms with E-state index in [-0.39, 0.29) is 34.3 Å². The molecule has 3 aromatic carbocycles. The summed E-state index contributed by atoms with van der Waals surface area (Å²) in [6, 6.07) is 15.9. The predicted octanol–water partition coefficient (Wildman–Crippen LogP) is 5.21. The standard InChI is InChI=1S/C28H25ClN2O9S/c1-4-38-28(34)30-18-5-11-22-17(13-26(32)40-25(22)14-18)16-39-27(33)23-15-21(10-12-24(23)29)41(35,36)31(2)19-6-8-20(37-3)9-7-19/h5-15H,4,16H2,1-3H3,(H,30,34). The van der Waals surface area contributed by atoms with Gasteiger partial charge in [0, 0.05) is 35.8 Å². The van der Waals surface area contributed by atoms with Crippen LogP contribution < -0.4 is 20.0 Å². The molecule has 0 atom stereocenters. The number of sulfonamides is 1.